The summed E-state index contributed by atoms with van der Waals surface area (Å²) >= 11 is 1.16. The summed E-state index contributed by atoms with van der Waals surface area (Å²) in [5.74, 6) is -0.948. The Hall–Kier alpha value is -2.76. The molecule has 0 aliphatic heterocycles. The van der Waals surface area contributed by atoms with E-state index in [9.17, 15) is 17.6 Å². The zero-order valence-corrected chi connectivity index (χ0v) is 15.4. The van der Waals surface area contributed by atoms with Crippen LogP contribution in [0.2, 0.25) is 0 Å². The van der Waals surface area contributed by atoms with Crippen LogP contribution in [-0.4, -0.2) is 36.1 Å². The van der Waals surface area contributed by atoms with Crippen LogP contribution in [0.5, 0.6) is 0 Å². The van der Waals surface area contributed by atoms with E-state index in [0.717, 1.165) is 35.6 Å². The minimum absolute atomic E-state index is 0.0755. The third kappa shape index (κ3) is 5.12. The number of rotatable bonds is 7. The lowest BCUT2D eigenvalue weighted by molar-refractivity contribution is -0.116. The molecule has 0 atom stereocenters. The van der Waals surface area contributed by atoms with Gasteiger partial charge in [-0.25, -0.2) is 17.5 Å². The zero-order chi connectivity index (χ0) is 19.3. The Morgan fingerprint density at radius 3 is 2.59 bits per heavy atom. The first kappa shape index (κ1) is 19.0. The highest BCUT2D eigenvalue weighted by Gasteiger charge is 2.15. The summed E-state index contributed by atoms with van der Waals surface area (Å²) in [5.41, 5.74) is 0.641. The molecule has 0 radical (unpaired) electrons. The quantitative estimate of drug-likeness (QED) is 0.620. The van der Waals surface area contributed by atoms with E-state index in [0.29, 0.717) is 15.8 Å². The number of hydrogen-bond donors (Lipinski definition) is 2. The van der Waals surface area contributed by atoms with Crippen molar-refractivity contribution >= 4 is 32.4 Å². The predicted molar refractivity (Wildman–Crippen MR) is 98.0 cm³/mol. The Balaban J connectivity index is 1.51. The molecule has 27 heavy (non-hydrogen) atoms. The van der Waals surface area contributed by atoms with Crippen molar-refractivity contribution in [2.45, 2.75) is 11.3 Å². The van der Waals surface area contributed by atoms with Crippen LogP contribution in [0.4, 0.5) is 9.52 Å². The summed E-state index contributed by atoms with van der Waals surface area (Å²) in [6.07, 6.45) is 1.53. The average molecular weight is 407 g/mol. The Labute approximate surface area is 158 Å². The number of carbonyl (C=O) groups excluding carboxylic acids is 1. The molecule has 0 aliphatic carbocycles. The Kier molecular flexibility index (Phi) is 5.84. The number of sulfonamides is 1. The molecule has 3 rings (SSSR count). The van der Waals surface area contributed by atoms with Crippen molar-refractivity contribution in [3.8, 4) is 10.7 Å². The number of halogens is 1. The normalized spacial score (nSPS) is 11.3. The monoisotopic (exact) mass is 407 g/mol. The second-order valence-corrected chi connectivity index (χ2v) is 8.02. The van der Waals surface area contributed by atoms with Crippen LogP contribution in [0.1, 0.15) is 6.42 Å². The summed E-state index contributed by atoms with van der Waals surface area (Å²) < 4.78 is 39.3. The number of aromatic nitrogens is 3. The van der Waals surface area contributed by atoms with E-state index in [2.05, 4.69) is 25.2 Å². The van der Waals surface area contributed by atoms with Crippen LogP contribution < -0.4 is 10.0 Å². The fourth-order valence-electron chi connectivity index (χ4n) is 2.04. The van der Waals surface area contributed by atoms with E-state index in [1.165, 1.54) is 0 Å². The number of amides is 1. The summed E-state index contributed by atoms with van der Waals surface area (Å²) in [7, 11) is -3.81. The summed E-state index contributed by atoms with van der Waals surface area (Å²) in [6, 6.07) is 9.77. The molecule has 0 spiro atoms. The molecular weight excluding hydrogens is 393 g/mol. The van der Waals surface area contributed by atoms with Gasteiger partial charge in [0.05, 0.1) is 4.90 Å². The van der Waals surface area contributed by atoms with Crippen LogP contribution in [-0.2, 0) is 14.8 Å². The van der Waals surface area contributed by atoms with Gasteiger partial charge < -0.3 is 5.32 Å². The third-order valence-corrected chi connectivity index (χ3v) is 5.66. The fourth-order valence-corrected chi connectivity index (χ4v) is 3.81. The van der Waals surface area contributed by atoms with Crippen molar-refractivity contribution in [2.24, 2.45) is 0 Å². The Bertz CT molecular complexity index is 1020. The molecule has 0 bridgehead atoms. The molecular formula is C16H14FN5O3S2. The number of carbonyl (C=O) groups is 1. The van der Waals surface area contributed by atoms with Crippen LogP contribution in [0, 0.1) is 5.82 Å². The molecule has 1 amide bonds. The van der Waals surface area contributed by atoms with Crippen LogP contribution >= 0.6 is 11.3 Å². The molecule has 2 aromatic heterocycles. The van der Waals surface area contributed by atoms with Gasteiger partial charge in [-0.05, 0) is 36.4 Å². The summed E-state index contributed by atoms with van der Waals surface area (Å²) in [5, 5.41) is 11.2. The molecule has 0 saturated heterocycles. The lowest BCUT2D eigenvalue weighted by atomic mass is 10.4. The van der Waals surface area contributed by atoms with Gasteiger partial charge in [-0.3, -0.25) is 9.78 Å². The van der Waals surface area contributed by atoms with Gasteiger partial charge in [0.2, 0.25) is 21.1 Å². The van der Waals surface area contributed by atoms with Crippen molar-refractivity contribution in [1.82, 2.24) is 19.9 Å². The van der Waals surface area contributed by atoms with E-state index < -0.39 is 21.7 Å². The van der Waals surface area contributed by atoms with Crippen molar-refractivity contribution < 1.29 is 17.6 Å². The van der Waals surface area contributed by atoms with Gasteiger partial charge in [-0.1, -0.05) is 17.4 Å². The van der Waals surface area contributed by atoms with Gasteiger partial charge in [0, 0.05) is 19.2 Å². The number of pyridine rings is 1. The van der Waals surface area contributed by atoms with E-state index in [4.69, 9.17) is 0 Å². The first-order valence-electron chi connectivity index (χ1n) is 7.74. The lowest BCUT2D eigenvalue weighted by Crippen LogP contribution is -2.27. The SMILES string of the molecule is O=C(CCNS(=O)(=O)c1ccc(F)cc1)Nc1nnc(-c2ccccn2)s1. The van der Waals surface area contributed by atoms with Gasteiger partial charge in [-0.15, -0.1) is 10.2 Å². The first-order chi connectivity index (χ1) is 12.9. The number of nitrogens with one attached hydrogen (secondary N) is 2. The molecule has 0 aliphatic rings. The molecule has 0 saturated carbocycles. The molecule has 3 aromatic rings. The van der Waals surface area contributed by atoms with Gasteiger partial charge in [0.15, 0.2) is 5.01 Å². The summed E-state index contributed by atoms with van der Waals surface area (Å²) in [4.78, 5) is 16.0. The highest BCUT2D eigenvalue weighted by Crippen LogP contribution is 2.24. The Morgan fingerprint density at radius 2 is 1.89 bits per heavy atom. The van der Waals surface area contributed by atoms with Crippen molar-refractivity contribution in [2.75, 3.05) is 11.9 Å². The molecule has 140 valence electrons. The highest BCUT2D eigenvalue weighted by atomic mass is 32.2. The van der Waals surface area contributed by atoms with E-state index in [1.807, 2.05) is 6.07 Å². The average Bonchev–Trinajstić information content (AvgIpc) is 3.11. The fraction of sp³-hybridized carbons (Fsp3) is 0.125. The topological polar surface area (TPSA) is 114 Å². The van der Waals surface area contributed by atoms with Gasteiger partial charge >= 0.3 is 0 Å². The maximum atomic E-state index is 12.9. The molecule has 0 fully saturated rings. The smallest absolute Gasteiger partial charge is 0.240 e. The molecule has 1 aromatic carbocycles. The number of hydrogen-bond acceptors (Lipinski definition) is 7. The van der Waals surface area contributed by atoms with Gasteiger partial charge in [0.1, 0.15) is 11.5 Å². The minimum atomic E-state index is -3.81. The second-order valence-electron chi connectivity index (χ2n) is 5.28. The largest absolute Gasteiger partial charge is 0.300 e. The van der Waals surface area contributed by atoms with Crippen LogP contribution in [0.15, 0.2) is 53.6 Å². The van der Waals surface area contributed by atoms with Crippen LogP contribution in [0.3, 0.4) is 0 Å². The molecule has 11 heteroatoms. The first-order valence-corrected chi connectivity index (χ1v) is 10.0. The van der Waals surface area contributed by atoms with E-state index >= 15 is 0 Å². The van der Waals surface area contributed by atoms with Crippen molar-refractivity contribution in [1.29, 1.82) is 0 Å². The third-order valence-electron chi connectivity index (χ3n) is 3.32. The number of benzene rings is 1. The van der Waals surface area contributed by atoms with Gasteiger partial charge in [0.25, 0.3) is 0 Å². The van der Waals surface area contributed by atoms with Crippen molar-refractivity contribution in [3.63, 3.8) is 0 Å². The molecule has 2 heterocycles. The lowest BCUT2D eigenvalue weighted by Gasteiger charge is -2.06. The maximum absolute atomic E-state index is 12.9. The number of nitrogens with zero attached hydrogens (tertiary/aromatic N) is 3. The standard InChI is InChI=1S/C16H14FN5O3S2/c17-11-4-6-12(7-5-11)27(24,25)19-10-8-14(23)20-16-22-21-15(26-16)13-3-1-2-9-18-13/h1-7,9,19H,8,10H2,(H,20,22,23). The molecule has 0 unspecified atom stereocenters. The second kappa shape index (κ2) is 8.29. The zero-order valence-electron chi connectivity index (χ0n) is 13.8. The highest BCUT2D eigenvalue weighted by molar-refractivity contribution is 7.89. The molecule has 2 N–H and O–H groups in total. The maximum Gasteiger partial charge on any atom is 0.240 e. The summed E-state index contributed by atoms with van der Waals surface area (Å²) in [6.45, 7) is -0.114. The van der Waals surface area contributed by atoms with Crippen molar-refractivity contribution in [3.05, 3.63) is 54.5 Å². The van der Waals surface area contributed by atoms with E-state index in [-0.39, 0.29) is 17.9 Å². The predicted octanol–water partition coefficient (Wildman–Crippen LogP) is 2.05. The number of anilines is 1. The van der Waals surface area contributed by atoms with Gasteiger partial charge in [-0.2, -0.15) is 0 Å². The minimum Gasteiger partial charge on any atom is -0.300 e. The van der Waals surface area contributed by atoms with E-state index in [1.54, 1.807) is 18.3 Å². The van der Waals surface area contributed by atoms with Crippen LogP contribution in [0.25, 0.3) is 10.7 Å². The molecule has 8 nitrogen and oxygen atoms in total. The Morgan fingerprint density at radius 1 is 1.11 bits per heavy atom.